The van der Waals surface area contributed by atoms with Gasteiger partial charge in [0.25, 0.3) is 5.91 Å². The van der Waals surface area contributed by atoms with E-state index >= 15 is 0 Å². The van der Waals surface area contributed by atoms with Crippen LogP contribution in [0.5, 0.6) is 0 Å². The van der Waals surface area contributed by atoms with Crippen LogP contribution in [0, 0.1) is 0 Å². The molecular formula is C15H23N3O3. The third kappa shape index (κ3) is 3.71. The van der Waals surface area contributed by atoms with Crippen molar-refractivity contribution in [1.82, 2.24) is 9.88 Å². The van der Waals surface area contributed by atoms with Crippen LogP contribution < -0.4 is 5.32 Å². The van der Waals surface area contributed by atoms with E-state index in [1.54, 1.807) is 12.1 Å². The second kappa shape index (κ2) is 6.87. The number of hydrogen-bond acceptors (Lipinski definition) is 5. The summed E-state index contributed by atoms with van der Waals surface area (Å²) in [6.45, 7) is 5.19. The van der Waals surface area contributed by atoms with Gasteiger partial charge in [-0.05, 0) is 25.0 Å². The zero-order valence-corrected chi connectivity index (χ0v) is 12.5. The molecule has 6 nitrogen and oxygen atoms in total. The molecule has 0 spiro atoms. The highest BCUT2D eigenvalue weighted by Crippen LogP contribution is 2.17. The number of pyridine rings is 1. The summed E-state index contributed by atoms with van der Waals surface area (Å²) in [5.41, 5.74) is 1.39. The van der Waals surface area contributed by atoms with Gasteiger partial charge in [0.2, 0.25) is 0 Å². The molecule has 0 saturated carbocycles. The lowest BCUT2D eigenvalue weighted by atomic mass is 10.1. The maximum absolute atomic E-state index is 12.5. The Bertz CT molecular complexity index is 497. The molecule has 116 valence electrons. The van der Waals surface area contributed by atoms with Gasteiger partial charge < -0.3 is 20.4 Å². The van der Waals surface area contributed by atoms with Crippen LogP contribution in [0.3, 0.4) is 0 Å². The van der Waals surface area contributed by atoms with Crippen LogP contribution in [0.1, 0.15) is 36.3 Å². The molecule has 0 aliphatic carbocycles. The van der Waals surface area contributed by atoms with E-state index in [-0.39, 0.29) is 19.0 Å². The molecule has 0 radical (unpaired) electrons. The number of anilines is 1. The third-order valence-corrected chi connectivity index (χ3v) is 3.59. The van der Waals surface area contributed by atoms with Crippen molar-refractivity contribution in [1.29, 1.82) is 0 Å². The van der Waals surface area contributed by atoms with Crippen LogP contribution in [0.2, 0.25) is 0 Å². The van der Waals surface area contributed by atoms with Gasteiger partial charge in [0.1, 0.15) is 5.82 Å². The minimum Gasteiger partial charge on any atom is -0.388 e. The average Bonchev–Trinajstić information content (AvgIpc) is 2.83. The Morgan fingerprint density at radius 2 is 2.00 bits per heavy atom. The van der Waals surface area contributed by atoms with Crippen molar-refractivity contribution in [2.24, 2.45) is 0 Å². The Hall–Kier alpha value is -1.66. The van der Waals surface area contributed by atoms with E-state index in [1.807, 2.05) is 6.92 Å². The molecule has 1 saturated heterocycles. The van der Waals surface area contributed by atoms with Gasteiger partial charge in [0, 0.05) is 30.9 Å². The van der Waals surface area contributed by atoms with E-state index in [0.29, 0.717) is 11.4 Å². The van der Waals surface area contributed by atoms with Crippen molar-refractivity contribution >= 4 is 11.7 Å². The van der Waals surface area contributed by atoms with E-state index in [4.69, 9.17) is 0 Å². The van der Waals surface area contributed by atoms with Crippen molar-refractivity contribution < 1.29 is 15.0 Å². The first-order chi connectivity index (χ1) is 10.0. The van der Waals surface area contributed by atoms with E-state index in [9.17, 15) is 15.0 Å². The van der Waals surface area contributed by atoms with Crippen LogP contribution in [-0.4, -0.2) is 57.8 Å². The zero-order chi connectivity index (χ0) is 15.4. The molecule has 1 fully saturated rings. The van der Waals surface area contributed by atoms with Crippen LogP contribution >= 0.6 is 0 Å². The molecule has 1 aliphatic rings. The highest BCUT2D eigenvalue weighted by molar-refractivity contribution is 5.95. The first kappa shape index (κ1) is 15.7. The second-order valence-corrected chi connectivity index (χ2v) is 5.36. The first-order valence-corrected chi connectivity index (χ1v) is 7.45. The van der Waals surface area contributed by atoms with Gasteiger partial charge in [-0.3, -0.25) is 4.79 Å². The van der Waals surface area contributed by atoms with Crippen LogP contribution in [0.15, 0.2) is 12.1 Å². The summed E-state index contributed by atoms with van der Waals surface area (Å²) in [6.07, 6.45) is -0.00263. The Morgan fingerprint density at radius 3 is 2.57 bits per heavy atom. The number of aromatic nitrogens is 1. The Balaban J connectivity index is 2.19. The molecule has 2 unspecified atom stereocenters. The van der Waals surface area contributed by atoms with Crippen molar-refractivity contribution in [3.63, 3.8) is 0 Å². The van der Waals surface area contributed by atoms with E-state index < -0.39 is 12.2 Å². The normalized spacial score (nSPS) is 21.6. The highest BCUT2D eigenvalue weighted by Gasteiger charge is 2.33. The molecule has 1 aromatic heterocycles. The number of aryl methyl sites for hydroxylation is 1. The van der Waals surface area contributed by atoms with E-state index in [0.717, 1.165) is 25.1 Å². The SMILES string of the molecule is CCCNc1cc(C(=O)N2CC(O)C(O)C2)cc(CC)n1. The van der Waals surface area contributed by atoms with Gasteiger partial charge in [-0.15, -0.1) is 0 Å². The fourth-order valence-corrected chi connectivity index (χ4v) is 2.35. The van der Waals surface area contributed by atoms with Crippen molar-refractivity contribution in [3.8, 4) is 0 Å². The lowest BCUT2D eigenvalue weighted by molar-refractivity contribution is 0.0572. The van der Waals surface area contributed by atoms with Crippen LogP contribution in [0.25, 0.3) is 0 Å². The summed E-state index contributed by atoms with van der Waals surface area (Å²) in [6, 6.07) is 3.50. The maximum atomic E-state index is 12.5. The average molecular weight is 293 g/mol. The molecule has 1 amide bonds. The number of carbonyl (C=O) groups is 1. The van der Waals surface area contributed by atoms with Crippen LogP contribution in [-0.2, 0) is 6.42 Å². The maximum Gasteiger partial charge on any atom is 0.254 e. The lowest BCUT2D eigenvalue weighted by Crippen LogP contribution is -2.30. The standard InChI is InChI=1S/C15H23N3O3/c1-3-5-16-14-7-10(6-11(4-2)17-14)15(21)18-8-12(19)13(20)9-18/h6-7,12-13,19-20H,3-5,8-9H2,1-2H3,(H,16,17). The Morgan fingerprint density at radius 1 is 1.33 bits per heavy atom. The molecule has 0 aromatic carbocycles. The number of hydrogen-bond donors (Lipinski definition) is 3. The molecule has 6 heteroatoms. The summed E-state index contributed by atoms with van der Waals surface area (Å²) >= 11 is 0. The number of β-amino-alcohol motifs (C(OH)–C–C–N with tert-alkyl or cyclic N) is 2. The molecule has 1 aliphatic heterocycles. The number of likely N-dealkylation sites (tertiary alicyclic amines) is 1. The summed E-state index contributed by atoms with van der Waals surface area (Å²) in [7, 11) is 0. The number of carbonyl (C=O) groups excluding carboxylic acids is 1. The number of rotatable bonds is 5. The molecule has 2 atom stereocenters. The smallest absolute Gasteiger partial charge is 0.254 e. The highest BCUT2D eigenvalue weighted by atomic mass is 16.3. The summed E-state index contributed by atoms with van der Waals surface area (Å²) in [5.74, 6) is 0.516. The zero-order valence-electron chi connectivity index (χ0n) is 12.5. The Labute approximate surface area is 124 Å². The number of amides is 1. The van der Waals surface area contributed by atoms with Crippen molar-refractivity contribution in [2.45, 2.75) is 38.9 Å². The molecule has 3 N–H and O–H groups in total. The first-order valence-electron chi connectivity index (χ1n) is 7.45. The van der Waals surface area contributed by atoms with Gasteiger partial charge in [-0.1, -0.05) is 13.8 Å². The molecule has 21 heavy (non-hydrogen) atoms. The van der Waals surface area contributed by atoms with Crippen LogP contribution in [0.4, 0.5) is 5.82 Å². The topological polar surface area (TPSA) is 85.7 Å². The number of aliphatic hydroxyl groups is 2. The number of aliphatic hydroxyl groups excluding tert-OH is 2. The fraction of sp³-hybridized carbons (Fsp3) is 0.600. The quantitative estimate of drug-likeness (QED) is 0.742. The van der Waals surface area contributed by atoms with Gasteiger partial charge in [0.15, 0.2) is 0 Å². The second-order valence-electron chi connectivity index (χ2n) is 5.36. The minimum absolute atomic E-state index is 0.168. The van der Waals surface area contributed by atoms with Crippen molar-refractivity contribution in [3.05, 3.63) is 23.4 Å². The monoisotopic (exact) mass is 293 g/mol. The minimum atomic E-state index is -0.862. The summed E-state index contributed by atoms with van der Waals surface area (Å²) in [4.78, 5) is 18.4. The number of nitrogens with one attached hydrogen (secondary N) is 1. The predicted octanol–water partition coefficient (Wildman–Crippen LogP) is 0.643. The Kier molecular flexibility index (Phi) is 5.14. The van der Waals surface area contributed by atoms with Gasteiger partial charge in [-0.2, -0.15) is 0 Å². The third-order valence-electron chi connectivity index (χ3n) is 3.59. The molecule has 2 heterocycles. The summed E-state index contributed by atoms with van der Waals surface area (Å²) in [5, 5.41) is 22.3. The molecular weight excluding hydrogens is 270 g/mol. The van der Waals surface area contributed by atoms with E-state index in [1.165, 1.54) is 4.90 Å². The largest absolute Gasteiger partial charge is 0.388 e. The predicted molar refractivity (Wildman–Crippen MR) is 80.3 cm³/mol. The van der Waals surface area contributed by atoms with Crippen molar-refractivity contribution in [2.75, 3.05) is 25.0 Å². The van der Waals surface area contributed by atoms with E-state index in [2.05, 4.69) is 17.2 Å². The van der Waals surface area contributed by atoms with Gasteiger partial charge >= 0.3 is 0 Å². The molecule has 2 rings (SSSR count). The summed E-state index contributed by atoms with van der Waals surface area (Å²) < 4.78 is 0. The molecule has 0 bridgehead atoms. The molecule has 1 aromatic rings. The number of nitrogens with zero attached hydrogens (tertiary/aromatic N) is 2. The fourth-order valence-electron chi connectivity index (χ4n) is 2.35. The lowest BCUT2D eigenvalue weighted by Gasteiger charge is -2.16. The van der Waals surface area contributed by atoms with Gasteiger partial charge in [-0.25, -0.2) is 4.98 Å². The van der Waals surface area contributed by atoms with Gasteiger partial charge in [0.05, 0.1) is 12.2 Å².